The zero-order chi connectivity index (χ0) is 21.8. The van der Waals surface area contributed by atoms with E-state index in [0.717, 1.165) is 36.7 Å². The highest BCUT2D eigenvalue weighted by Gasteiger charge is 2.36. The lowest BCUT2D eigenvalue weighted by atomic mass is 9.98. The van der Waals surface area contributed by atoms with E-state index in [1.807, 2.05) is 51.4 Å². The summed E-state index contributed by atoms with van der Waals surface area (Å²) in [5, 5.41) is 5.86. The van der Waals surface area contributed by atoms with E-state index < -0.39 is 11.6 Å². The summed E-state index contributed by atoms with van der Waals surface area (Å²) in [6, 6.07) is 12.2. The minimum atomic E-state index is -0.552. The Hall–Kier alpha value is -2.80. The second-order valence-electron chi connectivity index (χ2n) is 7.98. The van der Waals surface area contributed by atoms with E-state index in [4.69, 9.17) is 0 Å². The molecule has 160 valence electrons. The molecule has 2 amide bonds. The van der Waals surface area contributed by atoms with Crippen LogP contribution in [0.4, 0.5) is 13.6 Å². The Morgan fingerprint density at radius 2 is 1.87 bits per heavy atom. The van der Waals surface area contributed by atoms with Crippen LogP contribution in [0, 0.1) is 11.6 Å². The van der Waals surface area contributed by atoms with Crippen LogP contribution in [0.5, 0.6) is 0 Å². The molecule has 1 heterocycles. The summed E-state index contributed by atoms with van der Waals surface area (Å²) >= 11 is 0. The van der Waals surface area contributed by atoms with Crippen molar-refractivity contribution in [2.24, 2.45) is 5.10 Å². The average Bonchev–Trinajstić information content (AvgIpc) is 3.18. The number of hydrazone groups is 1. The summed E-state index contributed by atoms with van der Waals surface area (Å²) in [7, 11) is 5.73. The maximum atomic E-state index is 14.4. The van der Waals surface area contributed by atoms with Crippen LogP contribution in [-0.4, -0.2) is 60.3 Å². The molecule has 30 heavy (non-hydrogen) atoms. The van der Waals surface area contributed by atoms with Crippen molar-refractivity contribution < 1.29 is 13.6 Å². The first-order chi connectivity index (χ1) is 14.3. The van der Waals surface area contributed by atoms with Crippen LogP contribution in [0.1, 0.15) is 36.9 Å². The zero-order valence-electron chi connectivity index (χ0n) is 17.8. The molecule has 5 nitrogen and oxygen atoms in total. The van der Waals surface area contributed by atoms with Gasteiger partial charge in [0.15, 0.2) is 0 Å². The Labute approximate surface area is 176 Å². The van der Waals surface area contributed by atoms with Gasteiger partial charge in [0, 0.05) is 25.1 Å². The lowest BCUT2D eigenvalue weighted by Gasteiger charge is -2.31. The van der Waals surface area contributed by atoms with Crippen molar-refractivity contribution in [3.63, 3.8) is 0 Å². The Morgan fingerprint density at radius 3 is 2.53 bits per heavy atom. The number of amides is 2. The third-order valence-electron chi connectivity index (χ3n) is 5.49. The van der Waals surface area contributed by atoms with Crippen molar-refractivity contribution in [1.29, 1.82) is 0 Å². The largest absolute Gasteiger partial charge is 0.341 e. The predicted molar refractivity (Wildman–Crippen MR) is 114 cm³/mol. The third-order valence-corrected chi connectivity index (χ3v) is 5.49. The number of halogens is 2. The van der Waals surface area contributed by atoms with E-state index in [0.29, 0.717) is 12.1 Å². The van der Waals surface area contributed by atoms with E-state index in [9.17, 15) is 13.6 Å². The van der Waals surface area contributed by atoms with Gasteiger partial charge in [-0.05, 0) is 57.7 Å². The fourth-order valence-electron chi connectivity index (χ4n) is 3.49. The van der Waals surface area contributed by atoms with Gasteiger partial charge in [0.05, 0.1) is 11.8 Å². The van der Waals surface area contributed by atoms with Crippen molar-refractivity contribution in [2.75, 3.05) is 27.7 Å². The maximum absolute atomic E-state index is 14.4. The molecule has 7 heteroatoms. The first-order valence-corrected chi connectivity index (χ1v) is 10.1. The summed E-state index contributed by atoms with van der Waals surface area (Å²) in [4.78, 5) is 17.0. The van der Waals surface area contributed by atoms with Crippen LogP contribution >= 0.6 is 0 Å². The van der Waals surface area contributed by atoms with Crippen LogP contribution in [-0.2, 0) is 0 Å². The molecule has 3 rings (SSSR count). The second kappa shape index (κ2) is 9.34. The summed E-state index contributed by atoms with van der Waals surface area (Å²) in [5.74, 6) is -1.09. The number of benzene rings is 2. The highest BCUT2D eigenvalue weighted by atomic mass is 19.1. The quantitative estimate of drug-likeness (QED) is 0.698. The number of carbonyl (C=O) groups excluding carboxylic acids is 1. The Balaban J connectivity index is 1.91. The predicted octanol–water partition coefficient (Wildman–Crippen LogP) is 4.51. The van der Waals surface area contributed by atoms with Crippen molar-refractivity contribution in [3.05, 3.63) is 71.3 Å². The number of hydrogen-bond donors (Lipinski definition) is 0. The van der Waals surface area contributed by atoms with Crippen LogP contribution in [0.2, 0.25) is 0 Å². The Kier molecular flexibility index (Phi) is 6.82. The van der Waals surface area contributed by atoms with Gasteiger partial charge in [0.1, 0.15) is 11.6 Å². The number of carbonyl (C=O) groups is 1. The van der Waals surface area contributed by atoms with Gasteiger partial charge >= 0.3 is 6.03 Å². The monoisotopic (exact) mass is 414 g/mol. The van der Waals surface area contributed by atoms with Gasteiger partial charge < -0.3 is 9.80 Å². The fraction of sp³-hybridized carbons (Fsp3) is 0.391. The summed E-state index contributed by atoms with van der Waals surface area (Å²) in [6.07, 6.45) is 1.13. The minimum absolute atomic E-state index is 0.00137. The first-order valence-electron chi connectivity index (χ1n) is 10.1. The molecule has 0 saturated heterocycles. The highest BCUT2D eigenvalue weighted by Crippen LogP contribution is 2.34. The van der Waals surface area contributed by atoms with E-state index in [1.165, 1.54) is 5.01 Å². The smallest absolute Gasteiger partial charge is 0.323 e. The molecular weight excluding hydrogens is 386 g/mol. The molecular formula is C23H28F2N4O. The number of rotatable bonds is 6. The molecule has 1 aliphatic rings. The Morgan fingerprint density at radius 1 is 1.17 bits per heavy atom. The van der Waals surface area contributed by atoms with E-state index in [2.05, 4.69) is 10.0 Å². The standard InChI is InChI=1S/C23H28F2N4O/c1-16(12-13-27(2)3)28(4)23(30)29-22(17-8-6-5-7-9-17)15-21(26-29)19-14-18(24)10-11-20(19)25/h5-11,14,16,22H,12-13,15H2,1-4H3. The lowest BCUT2D eigenvalue weighted by molar-refractivity contribution is 0.135. The second-order valence-corrected chi connectivity index (χ2v) is 7.98. The van der Waals surface area contributed by atoms with Gasteiger partial charge in [0.2, 0.25) is 0 Å². The van der Waals surface area contributed by atoms with Gasteiger partial charge in [0.25, 0.3) is 0 Å². The van der Waals surface area contributed by atoms with Gasteiger partial charge in [-0.15, -0.1) is 0 Å². The average molecular weight is 415 g/mol. The molecule has 0 fully saturated rings. The van der Waals surface area contributed by atoms with Crippen LogP contribution in [0.25, 0.3) is 0 Å². The van der Waals surface area contributed by atoms with E-state index in [1.54, 1.807) is 11.9 Å². The summed E-state index contributed by atoms with van der Waals surface area (Å²) < 4.78 is 28.1. The molecule has 2 atom stereocenters. The van der Waals surface area contributed by atoms with Crippen molar-refractivity contribution in [3.8, 4) is 0 Å². The summed E-state index contributed by atoms with van der Waals surface area (Å²) in [6.45, 7) is 2.84. The molecule has 0 saturated carbocycles. The fourth-order valence-corrected chi connectivity index (χ4v) is 3.49. The number of urea groups is 1. The van der Waals surface area contributed by atoms with E-state index in [-0.39, 0.29) is 23.7 Å². The molecule has 1 aliphatic heterocycles. The normalized spacial score (nSPS) is 17.2. The maximum Gasteiger partial charge on any atom is 0.341 e. The Bertz CT molecular complexity index is 917. The number of hydrogen-bond acceptors (Lipinski definition) is 3. The van der Waals surface area contributed by atoms with Crippen molar-refractivity contribution >= 4 is 11.7 Å². The van der Waals surface area contributed by atoms with Gasteiger partial charge in [-0.25, -0.2) is 18.6 Å². The molecule has 0 spiro atoms. The van der Waals surface area contributed by atoms with Gasteiger partial charge in [-0.1, -0.05) is 30.3 Å². The van der Waals surface area contributed by atoms with E-state index >= 15 is 0 Å². The van der Waals surface area contributed by atoms with Gasteiger partial charge in [-0.2, -0.15) is 5.10 Å². The van der Waals surface area contributed by atoms with Crippen LogP contribution < -0.4 is 0 Å². The topological polar surface area (TPSA) is 39.1 Å². The zero-order valence-corrected chi connectivity index (χ0v) is 17.8. The molecule has 2 aromatic carbocycles. The SMILES string of the molecule is CC(CCN(C)C)N(C)C(=O)N1N=C(c2cc(F)ccc2F)CC1c1ccccc1. The molecule has 2 aromatic rings. The number of nitrogens with zero attached hydrogens (tertiary/aromatic N) is 4. The first kappa shape index (κ1) is 21.9. The molecule has 0 bridgehead atoms. The highest BCUT2D eigenvalue weighted by molar-refractivity contribution is 6.03. The van der Waals surface area contributed by atoms with Crippen molar-refractivity contribution in [1.82, 2.24) is 14.8 Å². The molecule has 0 aliphatic carbocycles. The molecule has 2 unspecified atom stereocenters. The minimum Gasteiger partial charge on any atom is -0.323 e. The molecule has 0 radical (unpaired) electrons. The molecule has 0 N–H and O–H groups in total. The summed E-state index contributed by atoms with van der Waals surface area (Å²) in [5.41, 5.74) is 1.36. The lowest BCUT2D eigenvalue weighted by Crippen LogP contribution is -2.43. The van der Waals surface area contributed by atoms with Crippen LogP contribution in [0.15, 0.2) is 53.6 Å². The van der Waals surface area contributed by atoms with Crippen molar-refractivity contribution in [2.45, 2.75) is 31.8 Å². The van der Waals surface area contributed by atoms with Crippen LogP contribution in [0.3, 0.4) is 0 Å². The third kappa shape index (κ3) is 4.84. The van der Waals surface area contributed by atoms with Gasteiger partial charge in [-0.3, -0.25) is 0 Å². The molecule has 0 aromatic heterocycles.